The third-order valence-corrected chi connectivity index (χ3v) is 4.41. The summed E-state index contributed by atoms with van der Waals surface area (Å²) in [5, 5.41) is 3.22. The van der Waals surface area contributed by atoms with Gasteiger partial charge in [0.1, 0.15) is 11.3 Å². The molecule has 2 aromatic rings. The first-order chi connectivity index (χ1) is 9.70. The van der Waals surface area contributed by atoms with E-state index in [4.69, 9.17) is 0 Å². The molecule has 0 spiro atoms. The predicted molar refractivity (Wildman–Crippen MR) is 76.6 cm³/mol. The quantitative estimate of drug-likeness (QED) is 0.927. The molecule has 0 saturated heterocycles. The highest BCUT2D eigenvalue weighted by molar-refractivity contribution is 5.93. The van der Waals surface area contributed by atoms with Gasteiger partial charge in [0.25, 0.3) is 5.91 Å². The van der Waals surface area contributed by atoms with Crippen LogP contribution in [0.2, 0.25) is 0 Å². The molecule has 2 aliphatic rings. The number of pyridine rings is 1. The maximum Gasteiger partial charge on any atom is 0.271 e. The summed E-state index contributed by atoms with van der Waals surface area (Å²) >= 11 is 0. The Balaban J connectivity index is 1.56. The zero-order chi connectivity index (χ0) is 13.7. The van der Waals surface area contributed by atoms with Crippen LogP contribution in [0.4, 0.5) is 0 Å². The highest BCUT2D eigenvalue weighted by Gasteiger charge is 2.42. The number of hydrogen-bond donors (Lipinski definition) is 1. The molecule has 2 saturated carbocycles. The number of rotatable bonds is 4. The van der Waals surface area contributed by atoms with Crippen LogP contribution >= 0.6 is 0 Å². The van der Waals surface area contributed by atoms with Crippen molar-refractivity contribution in [3.05, 3.63) is 35.8 Å². The minimum absolute atomic E-state index is 0.0184. The standard InChI is InChI=1S/C16H19N3O/c1-10-6-7-19-9-13(17-14(19)8-10)16(20)18-15(11-2-3-11)12-4-5-12/h6-9,11-12,15H,2-5H2,1H3,(H,18,20). The molecule has 0 bridgehead atoms. The number of nitrogens with zero attached hydrogens (tertiary/aromatic N) is 2. The SMILES string of the molecule is Cc1ccn2cc(C(=O)NC(C3CC3)C3CC3)nc2c1. The lowest BCUT2D eigenvalue weighted by molar-refractivity contribution is 0.0922. The second-order valence-corrected chi connectivity index (χ2v) is 6.27. The summed E-state index contributed by atoms with van der Waals surface area (Å²) in [5.41, 5.74) is 2.52. The van der Waals surface area contributed by atoms with Crippen molar-refractivity contribution in [3.63, 3.8) is 0 Å². The number of nitrogens with one attached hydrogen (secondary N) is 1. The Kier molecular flexibility index (Phi) is 2.59. The van der Waals surface area contributed by atoms with Gasteiger partial charge in [-0.05, 0) is 62.1 Å². The first-order valence-electron chi connectivity index (χ1n) is 7.47. The first kappa shape index (κ1) is 11.9. The van der Waals surface area contributed by atoms with E-state index in [1.165, 1.54) is 25.7 Å². The van der Waals surface area contributed by atoms with Gasteiger partial charge < -0.3 is 9.72 Å². The molecule has 0 aromatic carbocycles. The van der Waals surface area contributed by atoms with E-state index in [9.17, 15) is 4.79 Å². The van der Waals surface area contributed by atoms with Crippen molar-refractivity contribution in [2.45, 2.75) is 38.6 Å². The Bertz CT molecular complexity index is 655. The van der Waals surface area contributed by atoms with E-state index in [2.05, 4.69) is 10.3 Å². The van der Waals surface area contributed by atoms with Crippen molar-refractivity contribution in [2.75, 3.05) is 0 Å². The normalized spacial score (nSPS) is 18.7. The molecule has 4 heteroatoms. The van der Waals surface area contributed by atoms with E-state index in [-0.39, 0.29) is 5.91 Å². The number of imidazole rings is 1. The lowest BCUT2D eigenvalue weighted by atomic mass is 10.1. The topological polar surface area (TPSA) is 46.4 Å². The maximum absolute atomic E-state index is 12.4. The van der Waals surface area contributed by atoms with Gasteiger partial charge >= 0.3 is 0 Å². The van der Waals surface area contributed by atoms with Crippen LogP contribution in [-0.2, 0) is 0 Å². The van der Waals surface area contributed by atoms with Crippen LogP contribution in [-0.4, -0.2) is 21.3 Å². The molecule has 2 fully saturated rings. The molecule has 2 aromatic heterocycles. The lowest BCUT2D eigenvalue weighted by Gasteiger charge is -2.16. The highest BCUT2D eigenvalue weighted by Crippen LogP contribution is 2.44. The molecular formula is C16H19N3O. The van der Waals surface area contributed by atoms with Gasteiger partial charge in [-0.2, -0.15) is 0 Å². The van der Waals surface area contributed by atoms with Crippen LogP contribution in [0.3, 0.4) is 0 Å². The molecule has 0 radical (unpaired) electrons. The largest absolute Gasteiger partial charge is 0.347 e. The van der Waals surface area contributed by atoms with Crippen LogP contribution in [0, 0.1) is 18.8 Å². The summed E-state index contributed by atoms with van der Waals surface area (Å²) < 4.78 is 1.91. The van der Waals surface area contributed by atoms with Crippen LogP contribution < -0.4 is 5.32 Å². The molecule has 0 atom stereocenters. The van der Waals surface area contributed by atoms with E-state index in [1.54, 1.807) is 0 Å². The summed E-state index contributed by atoms with van der Waals surface area (Å²) in [6, 6.07) is 4.40. The van der Waals surface area contributed by atoms with Crippen LogP contribution in [0.5, 0.6) is 0 Å². The summed E-state index contributed by atoms with van der Waals surface area (Å²) in [7, 11) is 0. The molecule has 20 heavy (non-hydrogen) atoms. The van der Waals surface area contributed by atoms with Crippen LogP contribution in [0.1, 0.15) is 41.7 Å². The van der Waals surface area contributed by atoms with E-state index in [0.29, 0.717) is 23.6 Å². The fourth-order valence-electron chi connectivity index (χ4n) is 2.95. The Labute approximate surface area is 118 Å². The van der Waals surface area contributed by atoms with Crippen molar-refractivity contribution in [3.8, 4) is 0 Å². The zero-order valence-corrected chi connectivity index (χ0v) is 11.7. The van der Waals surface area contributed by atoms with Crippen LogP contribution in [0.25, 0.3) is 5.65 Å². The first-order valence-corrected chi connectivity index (χ1v) is 7.47. The molecule has 4 nitrogen and oxygen atoms in total. The van der Waals surface area contributed by atoms with Crippen molar-refractivity contribution >= 4 is 11.6 Å². The van der Waals surface area contributed by atoms with Gasteiger partial charge in [0.05, 0.1) is 0 Å². The third kappa shape index (κ3) is 2.19. The number of hydrogen-bond acceptors (Lipinski definition) is 2. The van der Waals surface area contributed by atoms with E-state index in [0.717, 1.165) is 11.2 Å². The van der Waals surface area contributed by atoms with Crippen molar-refractivity contribution in [1.82, 2.24) is 14.7 Å². The summed E-state index contributed by atoms with van der Waals surface area (Å²) in [6.45, 7) is 2.03. The molecule has 2 heterocycles. The van der Waals surface area contributed by atoms with Crippen LogP contribution in [0.15, 0.2) is 24.5 Å². The van der Waals surface area contributed by atoms with Gasteiger partial charge in [-0.3, -0.25) is 4.79 Å². The fourth-order valence-corrected chi connectivity index (χ4v) is 2.95. The second-order valence-electron chi connectivity index (χ2n) is 6.27. The minimum Gasteiger partial charge on any atom is -0.347 e. The minimum atomic E-state index is -0.0184. The predicted octanol–water partition coefficient (Wildman–Crippen LogP) is 2.56. The Morgan fingerprint density at radius 2 is 2.05 bits per heavy atom. The Morgan fingerprint density at radius 3 is 2.70 bits per heavy atom. The molecular weight excluding hydrogens is 250 g/mol. The molecule has 4 rings (SSSR count). The molecule has 0 unspecified atom stereocenters. The summed E-state index contributed by atoms with van der Waals surface area (Å²) in [6.07, 6.45) is 8.85. The van der Waals surface area contributed by atoms with Gasteiger partial charge in [0.2, 0.25) is 0 Å². The van der Waals surface area contributed by atoms with Gasteiger partial charge in [-0.15, -0.1) is 0 Å². The van der Waals surface area contributed by atoms with E-state index < -0.39 is 0 Å². The molecule has 1 amide bonds. The van der Waals surface area contributed by atoms with Gasteiger partial charge in [0, 0.05) is 18.4 Å². The third-order valence-electron chi connectivity index (χ3n) is 4.41. The molecule has 104 valence electrons. The van der Waals surface area contributed by atoms with Gasteiger partial charge in [-0.1, -0.05) is 0 Å². The number of aryl methyl sites for hydroxylation is 1. The maximum atomic E-state index is 12.4. The molecule has 2 aliphatic carbocycles. The van der Waals surface area contributed by atoms with E-state index >= 15 is 0 Å². The molecule has 0 aliphatic heterocycles. The fraction of sp³-hybridized carbons (Fsp3) is 0.500. The van der Waals surface area contributed by atoms with Gasteiger partial charge in [0.15, 0.2) is 0 Å². The second kappa shape index (κ2) is 4.33. The smallest absolute Gasteiger partial charge is 0.271 e. The van der Waals surface area contributed by atoms with E-state index in [1.807, 2.05) is 35.9 Å². The summed E-state index contributed by atoms with van der Waals surface area (Å²) in [4.78, 5) is 16.8. The number of carbonyl (C=O) groups is 1. The van der Waals surface area contributed by atoms with Crippen molar-refractivity contribution in [1.29, 1.82) is 0 Å². The number of fused-ring (bicyclic) bond motifs is 1. The van der Waals surface area contributed by atoms with Crippen molar-refractivity contribution in [2.24, 2.45) is 11.8 Å². The van der Waals surface area contributed by atoms with Gasteiger partial charge in [-0.25, -0.2) is 4.98 Å². The average molecular weight is 269 g/mol. The zero-order valence-electron chi connectivity index (χ0n) is 11.7. The average Bonchev–Trinajstić information content (AvgIpc) is 3.32. The Hall–Kier alpha value is -1.84. The Morgan fingerprint density at radius 1 is 1.35 bits per heavy atom. The number of amides is 1. The number of aromatic nitrogens is 2. The lowest BCUT2D eigenvalue weighted by Crippen LogP contribution is -2.38. The monoisotopic (exact) mass is 269 g/mol. The highest BCUT2D eigenvalue weighted by atomic mass is 16.2. The summed E-state index contributed by atoms with van der Waals surface area (Å²) in [5.74, 6) is 1.41. The van der Waals surface area contributed by atoms with Crippen molar-refractivity contribution < 1.29 is 4.79 Å². The number of carbonyl (C=O) groups excluding carboxylic acids is 1. The molecule has 1 N–H and O–H groups in total.